The Kier molecular flexibility index (Phi) is 3.12. The van der Waals surface area contributed by atoms with Crippen LogP contribution >= 0.6 is 11.5 Å². The Morgan fingerprint density at radius 3 is 2.88 bits per heavy atom. The Morgan fingerprint density at radius 1 is 1.47 bits per heavy atom. The smallest absolute Gasteiger partial charge is 0.269 e. The van der Waals surface area contributed by atoms with Crippen LogP contribution in [0.5, 0.6) is 0 Å². The first kappa shape index (κ1) is 11.2. The number of carbonyl (C=O) groups excluding carboxylic acids is 1. The lowest BCUT2D eigenvalue weighted by Crippen LogP contribution is -2.12. The second kappa shape index (κ2) is 4.72. The van der Waals surface area contributed by atoms with Crippen molar-refractivity contribution in [1.82, 2.24) is 9.59 Å². The second-order valence-electron chi connectivity index (χ2n) is 3.30. The van der Waals surface area contributed by atoms with E-state index in [-0.39, 0.29) is 5.91 Å². The summed E-state index contributed by atoms with van der Waals surface area (Å²) in [7, 11) is 0. The van der Waals surface area contributed by atoms with Crippen molar-refractivity contribution in [3.8, 4) is 6.07 Å². The minimum Gasteiger partial charge on any atom is -0.320 e. The maximum absolute atomic E-state index is 11.9. The van der Waals surface area contributed by atoms with E-state index in [9.17, 15) is 4.79 Å². The number of para-hydroxylation sites is 1. The molecule has 0 spiro atoms. The molecule has 1 aromatic heterocycles. The van der Waals surface area contributed by atoms with Crippen molar-refractivity contribution in [3.63, 3.8) is 0 Å². The number of nitrogens with zero attached hydrogens (tertiary/aromatic N) is 3. The van der Waals surface area contributed by atoms with E-state index in [1.165, 1.54) is 0 Å². The topological polar surface area (TPSA) is 78.7 Å². The van der Waals surface area contributed by atoms with Crippen LogP contribution in [0.15, 0.2) is 24.3 Å². The number of amides is 1. The Bertz CT molecular complexity index is 600. The number of aryl methyl sites for hydroxylation is 1. The minimum absolute atomic E-state index is 0.291. The SMILES string of the molecule is Cc1nnsc1C(=O)Nc1ccccc1C#N. The van der Waals surface area contributed by atoms with E-state index in [0.29, 0.717) is 21.8 Å². The van der Waals surface area contributed by atoms with Gasteiger partial charge >= 0.3 is 0 Å². The first-order valence-corrected chi connectivity index (χ1v) is 5.59. The molecule has 0 aliphatic heterocycles. The van der Waals surface area contributed by atoms with E-state index in [4.69, 9.17) is 5.26 Å². The summed E-state index contributed by atoms with van der Waals surface area (Å²) < 4.78 is 3.69. The third kappa shape index (κ3) is 2.29. The van der Waals surface area contributed by atoms with Gasteiger partial charge < -0.3 is 5.32 Å². The standard InChI is InChI=1S/C11H8N4OS/c1-7-10(17-15-14-7)11(16)13-9-5-3-2-4-8(9)6-12/h2-5H,1H3,(H,13,16). The molecule has 0 aliphatic rings. The highest BCUT2D eigenvalue weighted by molar-refractivity contribution is 7.08. The van der Waals surface area contributed by atoms with Gasteiger partial charge in [0.1, 0.15) is 10.9 Å². The summed E-state index contributed by atoms with van der Waals surface area (Å²) in [5.74, 6) is -0.291. The Labute approximate surface area is 102 Å². The van der Waals surface area contributed by atoms with Crippen molar-refractivity contribution in [2.24, 2.45) is 0 Å². The van der Waals surface area contributed by atoms with E-state index in [1.54, 1.807) is 31.2 Å². The lowest BCUT2D eigenvalue weighted by molar-refractivity contribution is 0.103. The van der Waals surface area contributed by atoms with Gasteiger partial charge in [-0.1, -0.05) is 16.6 Å². The molecule has 1 amide bonds. The summed E-state index contributed by atoms with van der Waals surface area (Å²) >= 11 is 1.03. The Morgan fingerprint density at radius 2 is 2.24 bits per heavy atom. The molecule has 0 bridgehead atoms. The van der Waals surface area contributed by atoms with E-state index < -0.39 is 0 Å². The molecule has 1 heterocycles. The summed E-state index contributed by atoms with van der Waals surface area (Å²) in [6, 6.07) is 8.85. The zero-order valence-corrected chi connectivity index (χ0v) is 9.78. The molecule has 17 heavy (non-hydrogen) atoms. The van der Waals surface area contributed by atoms with Crippen LogP contribution in [-0.2, 0) is 0 Å². The number of benzene rings is 1. The average molecular weight is 244 g/mol. The highest BCUT2D eigenvalue weighted by Crippen LogP contribution is 2.17. The van der Waals surface area contributed by atoms with Gasteiger partial charge in [0.05, 0.1) is 16.9 Å². The number of carbonyl (C=O) groups is 1. The molecule has 0 radical (unpaired) electrons. The number of hydrogen-bond acceptors (Lipinski definition) is 5. The average Bonchev–Trinajstić information content (AvgIpc) is 2.76. The van der Waals surface area contributed by atoms with Gasteiger partial charge in [-0.15, -0.1) is 5.10 Å². The third-order valence-corrected chi connectivity index (χ3v) is 2.98. The van der Waals surface area contributed by atoms with Crippen LogP contribution in [-0.4, -0.2) is 15.5 Å². The molecule has 6 heteroatoms. The zero-order valence-electron chi connectivity index (χ0n) is 8.97. The van der Waals surface area contributed by atoms with Crippen molar-refractivity contribution in [1.29, 1.82) is 5.26 Å². The van der Waals surface area contributed by atoms with Crippen LogP contribution in [0.1, 0.15) is 20.9 Å². The van der Waals surface area contributed by atoms with Crippen LogP contribution < -0.4 is 5.32 Å². The van der Waals surface area contributed by atoms with Gasteiger partial charge in [-0.05, 0) is 30.6 Å². The quantitative estimate of drug-likeness (QED) is 0.875. The van der Waals surface area contributed by atoms with Crippen molar-refractivity contribution in [2.75, 3.05) is 5.32 Å². The molecule has 0 fully saturated rings. The molecule has 2 rings (SSSR count). The molecule has 0 unspecified atom stereocenters. The van der Waals surface area contributed by atoms with Gasteiger partial charge in [-0.2, -0.15) is 5.26 Å². The number of rotatable bonds is 2. The number of aromatic nitrogens is 2. The maximum Gasteiger partial charge on any atom is 0.269 e. The maximum atomic E-state index is 11.9. The van der Waals surface area contributed by atoms with Crippen LogP contribution in [0.3, 0.4) is 0 Å². The Balaban J connectivity index is 2.26. The minimum atomic E-state index is -0.291. The van der Waals surface area contributed by atoms with Crippen molar-refractivity contribution in [2.45, 2.75) is 6.92 Å². The first-order valence-electron chi connectivity index (χ1n) is 4.82. The van der Waals surface area contributed by atoms with Crippen molar-refractivity contribution >= 4 is 23.1 Å². The second-order valence-corrected chi connectivity index (χ2v) is 4.05. The molecule has 0 aliphatic carbocycles. The third-order valence-electron chi connectivity index (χ3n) is 2.15. The molecule has 2 aromatic rings. The highest BCUT2D eigenvalue weighted by atomic mass is 32.1. The number of nitrogens with one attached hydrogen (secondary N) is 1. The van der Waals surface area contributed by atoms with E-state index in [0.717, 1.165) is 11.5 Å². The first-order chi connectivity index (χ1) is 8.22. The number of hydrogen-bond donors (Lipinski definition) is 1. The number of nitriles is 1. The zero-order chi connectivity index (χ0) is 12.3. The van der Waals surface area contributed by atoms with Crippen molar-refractivity contribution < 1.29 is 4.79 Å². The normalized spacial score (nSPS) is 9.65. The van der Waals surface area contributed by atoms with E-state index in [1.807, 2.05) is 6.07 Å². The van der Waals surface area contributed by atoms with Crippen LogP contribution in [0.4, 0.5) is 5.69 Å². The molecule has 0 atom stereocenters. The summed E-state index contributed by atoms with van der Waals surface area (Å²) in [6.45, 7) is 1.72. The van der Waals surface area contributed by atoms with Gasteiger partial charge in [-0.25, -0.2) is 0 Å². The summed E-state index contributed by atoms with van der Waals surface area (Å²) in [6.07, 6.45) is 0. The van der Waals surface area contributed by atoms with Crippen LogP contribution in [0.2, 0.25) is 0 Å². The van der Waals surface area contributed by atoms with Gasteiger partial charge in [-0.3, -0.25) is 4.79 Å². The van der Waals surface area contributed by atoms with Gasteiger partial charge in [0.2, 0.25) is 0 Å². The molecule has 0 saturated heterocycles. The lowest BCUT2D eigenvalue weighted by atomic mass is 10.2. The lowest BCUT2D eigenvalue weighted by Gasteiger charge is -2.04. The summed E-state index contributed by atoms with van der Waals surface area (Å²) in [5.41, 5.74) is 1.51. The van der Waals surface area contributed by atoms with Gasteiger partial charge in [0.15, 0.2) is 0 Å². The predicted molar refractivity (Wildman–Crippen MR) is 63.8 cm³/mol. The predicted octanol–water partition coefficient (Wildman–Crippen LogP) is 1.97. The number of anilines is 1. The summed E-state index contributed by atoms with van der Waals surface area (Å²) in [4.78, 5) is 12.3. The van der Waals surface area contributed by atoms with Gasteiger partial charge in [0, 0.05) is 0 Å². The molecule has 1 N–H and O–H groups in total. The molecule has 84 valence electrons. The molecule has 0 saturated carbocycles. The highest BCUT2D eigenvalue weighted by Gasteiger charge is 2.14. The van der Waals surface area contributed by atoms with Gasteiger partial charge in [0.25, 0.3) is 5.91 Å². The molecule has 1 aromatic carbocycles. The van der Waals surface area contributed by atoms with Crippen molar-refractivity contribution in [3.05, 3.63) is 40.4 Å². The van der Waals surface area contributed by atoms with E-state index >= 15 is 0 Å². The largest absolute Gasteiger partial charge is 0.320 e. The fourth-order valence-corrected chi connectivity index (χ4v) is 1.86. The molecule has 5 nitrogen and oxygen atoms in total. The van der Waals surface area contributed by atoms with E-state index in [2.05, 4.69) is 14.9 Å². The van der Waals surface area contributed by atoms with Crippen LogP contribution in [0.25, 0.3) is 0 Å². The molecular formula is C11H8N4OS. The molecular weight excluding hydrogens is 236 g/mol. The Hall–Kier alpha value is -2.26. The summed E-state index contributed by atoms with van der Waals surface area (Å²) in [5, 5.41) is 15.3. The fourth-order valence-electron chi connectivity index (χ4n) is 1.31. The van der Waals surface area contributed by atoms with Crippen LogP contribution in [0, 0.1) is 18.3 Å². The monoisotopic (exact) mass is 244 g/mol. The fraction of sp³-hybridized carbons (Fsp3) is 0.0909.